The van der Waals surface area contributed by atoms with Crippen molar-refractivity contribution in [1.29, 1.82) is 0 Å². The molecule has 0 atom stereocenters. The first kappa shape index (κ1) is 12.6. The molecule has 6 heteroatoms. The van der Waals surface area contributed by atoms with Crippen LogP contribution < -0.4 is 20.6 Å². The summed E-state index contributed by atoms with van der Waals surface area (Å²) in [6, 6.07) is 5.95. The van der Waals surface area contributed by atoms with Crippen molar-refractivity contribution in [3.63, 3.8) is 0 Å². The molecule has 0 saturated heterocycles. The first-order chi connectivity index (χ1) is 8.65. The number of hydrogen-bond donors (Lipinski definition) is 2. The van der Waals surface area contributed by atoms with Crippen LogP contribution in [0.1, 0.15) is 18.9 Å². The van der Waals surface area contributed by atoms with Crippen molar-refractivity contribution in [3.8, 4) is 11.5 Å². The number of nitrogens with two attached hydrogens (primary N) is 1. The Bertz CT molecular complexity index is 488. The predicted octanol–water partition coefficient (Wildman–Crippen LogP) is 1.56. The molecule has 0 aliphatic carbocycles. The highest BCUT2D eigenvalue weighted by atomic mass is 32.1. The Hall–Kier alpha value is -1.82. The number of ether oxygens (including phenoxy) is 2. The van der Waals surface area contributed by atoms with Crippen LogP contribution in [0.4, 0.5) is 0 Å². The monoisotopic (exact) mass is 265 g/mol. The van der Waals surface area contributed by atoms with Gasteiger partial charge in [0.2, 0.25) is 6.79 Å². The van der Waals surface area contributed by atoms with Gasteiger partial charge in [-0.15, -0.1) is 0 Å². The highest BCUT2D eigenvalue weighted by Crippen LogP contribution is 2.32. The normalized spacial score (nSPS) is 13.5. The standard InChI is InChI=1S/C12H15N3O2S/c1-8(14-15-12(13)18)2-3-9-4-5-10-11(6-9)17-7-16-10/h4-6H,2-3,7H2,1H3,(H3,13,15,18). The van der Waals surface area contributed by atoms with E-state index in [0.29, 0.717) is 6.79 Å². The molecule has 0 amide bonds. The average Bonchev–Trinajstić information content (AvgIpc) is 2.81. The van der Waals surface area contributed by atoms with Crippen LogP contribution >= 0.6 is 12.2 Å². The van der Waals surface area contributed by atoms with Crippen LogP contribution in [0, 0.1) is 0 Å². The number of thiocarbonyl (C=S) groups is 1. The average molecular weight is 265 g/mol. The Morgan fingerprint density at radius 2 is 2.22 bits per heavy atom. The van der Waals surface area contributed by atoms with Gasteiger partial charge in [-0.2, -0.15) is 5.10 Å². The smallest absolute Gasteiger partial charge is 0.231 e. The van der Waals surface area contributed by atoms with Crippen molar-refractivity contribution in [2.24, 2.45) is 10.8 Å². The van der Waals surface area contributed by atoms with Crippen LogP contribution in [-0.4, -0.2) is 17.6 Å². The Kier molecular flexibility index (Phi) is 3.99. The summed E-state index contributed by atoms with van der Waals surface area (Å²) >= 11 is 4.67. The van der Waals surface area contributed by atoms with Crippen LogP contribution in [0.15, 0.2) is 23.3 Å². The van der Waals surface area contributed by atoms with Crippen molar-refractivity contribution in [1.82, 2.24) is 5.43 Å². The molecule has 5 nitrogen and oxygen atoms in total. The molecule has 3 N–H and O–H groups in total. The van der Waals surface area contributed by atoms with Crippen molar-refractivity contribution in [2.75, 3.05) is 6.79 Å². The molecule has 1 aromatic carbocycles. The van der Waals surface area contributed by atoms with Crippen LogP contribution in [-0.2, 0) is 6.42 Å². The molecular formula is C12H15N3O2S. The zero-order valence-corrected chi connectivity index (χ0v) is 10.9. The van der Waals surface area contributed by atoms with Gasteiger partial charge in [-0.05, 0) is 49.7 Å². The number of benzene rings is 1. The lowest BCUT2D eigenvalue weighted by Crippen LogP contribution is -2.25. The fourth-order valence-electron chi connectivity index (χ4n) is 1.63. The van der Waals surface area contributed by atoms with Gasteiger partial charge in [-0.1, -0.05) is 6.07 Å². The maximum atomic E-state index is 5.33. The van der Waals surface area contributed by atoms with Gasteiger partial charge in [0.05, 0.1) is 0 Å². The van der Waals surface area contributed by atoms with Gasteiger partial charge < -0.3 is 15.2 Å². The van der Waals surface area contributed by atoms with E-state index in [-0.39, 0.29) is 5.11 Å². The molecule has 0 aromatic heterocycles. The van der Waals surface area contributed by atoms with Gasteiger partial charge in [0, 0.05) is 5.71 Å². The lowest BCUT2D eigenvalue weighted by molar-refractivity contribution is 0.174. The maximum absolute atomic E-state index is 5.33. The SMILES string of the molecule is CC(CCc1ccc2c(c1)OCO2)=NNC(N)=S. The molecule has 0 unspecified atom stereocenters. The van der Waals surface area contributed by atoms with E-state index in [9.17, 15) is 0 Å². The van der Waals surface area contributed by atoms with Crippen molar-refractivity contribution >= 4 is 23.0 Å². The summed E-state index contributed by atoms with van der Waals surface area (Å²) in [4.78, 5) is 0. The molecule has 0 spiro atoms. The van der Waals surface area contributed by atoms with Gasteiger partial charge in [0.15, 0.2) is 16.6 Å². The largest absolute Gasteiger partial charge is 0.454 e. The molecule has 1 aliphatic rings. The second-order valence-corrected chi connectivity index (χ2v) is 4.45. The third-order valence-corrected chi connectivity index (χ3v) is 2.66. The van der Waals surface area contributed by atoms with E-state index in [1.54, 1.807) is 0 Å². The Balaban J connectivity index is 1.90. The van der Waals surface area contributed by atoms with E-state index in [0.717, 1.165) is 30.1 Å². The minimum absolute atomic E-state index is 0.178. The molecule has 0 saturated carbocycles. The number of fused-ring (bicyclic) bond motifs is 1. The zero-order valence-electron chi connectivity index (χ0n) is 10.1. The molecule has 0 bridgehead atoms. The van der Waals surface area contributed by atoms with Crippen LogP contribution in [0.3, 0.4) is 0 Å². The summed E-state index contributed by atoms with van der Waals surface area (Å²) in [5, 5.41) is 4.23. The molecule has 0 fully saturated rings. The highest BCUT2D eigenvalue weighted by Gasteiger charge is 2.12. The molecule has 96 valence electrons. The van der Waals surface area contributed by atoms with Gasteiger partial charge >= 0.3 is 0 Å². The number of nitrogens with one attached hydrogen (secondary N) is 1. The van der Waals surface area contributed by atoms with Gasteiger partial charge in [0.1, 0.15) is 0 Å². The maximum Gasteiger partial charge on any atom is 0.231 e. The minimum Gasteiger partial charge on any atom is -0.454 e. The molecule has 1 heterocycles. The Morgan fingerprint density at radius 3 is 3.00 bits per heavy atom. The summed E-state index contributed by atoms with van der Waals surface area (Å²) in [7, 11) is 0. The summed E-state index contributed by atoms with van der Waals surface area (Å²) in [5.41, 5.74) is 10.00. The van der Waals surface area contributed by atoms with E-state index >= 15 is 0 Å². The van der Waals surface area contributed by atoms with Gasteiger partial charge in [-0.3, -0.25) is 5.43 Å². The van der Waals surface area contributed by atoms with Crippen molar-refractivity contribution < 1.29 is 9.47 Å². The summed E-state index contributed by atoms with van der Waals surface area (Å²) < 4.78 is 10.6. The third kappa shape index (κ3) is 3.33. The number of rotatable bonds is 4. The molecule has 18 heavy (non-hydrogen) atoms. The number of aryl methyl sites for hydroxylation is 1. The summed E-state index contributed by atoms with van der Waals surface area (Å²) in [6.07, 6.45) is 1.71. The molecule has 1 aliphatic heterocycles. The topological polar surface area (TPSA) is 68.9 Å². The van der Waals surface area contributed by atoms with Crippen LogP contribution in [0.2, 0.25) is 0 Å². The third-order valence-electron chi connectivity index (χ3n) is 2.57. The minimum atomic E-state index is 0.178. The lowest BCUT2D eigenvalue weighted by Gasteiger charge is -2.04. The van der Waals surface area contributed by atoms with E-state index < -0.39 is 0 Å². The van der Waals surface area contributed by atoms with E-state index in [2.05, 4.69) is 22.7 Å². The fraction of sp³-hybridized carbons (Fsp3) is 0.333. The first-order valence-corrected chi connectivity index (χ1v) is 6.03. The van der Waals surface area contributed by atoms with Gasteiger partial charge in [0.25, 0.3) is 0 Å². The van der Waals surface area contributed by atoms with Gasteiger partial charge in [-0.25, -0.2) is 0 Å². The van der Waals surface area contributed by atoms with E-state index in [1.807, 2.05) is 25.1 Å². The summed E-state index contributed by atoms with van der Waals surface area (Å²) in [6.45, 7) is 2.23. The van der Waals surface area contributed by atoms with Crippen molar-refractivity contribution in [3.05, 3.63) is 23.8 Å². The molecule has 0 radical (unpaired) electrons. The number of nitrogens with zero attached hydrogens (tertiary/aromatic N) is 1. The molecule has 2 rings (SSSR count). The molecule has 1 aromatic rings. The van der Waals surface area contributed by atoms with Crippen molar-refractivity contribution in [2.45, 2.75) is 19.8 Å². The lowest BCUT2D eigenvalue weighted by atomic mass is 10.1. The Labute approximate surface area is 111 Å². The van der Waals surface area contributed by atoms with Crippen LogP contribution in [0.25, 0.3) is 0 Å². The second kappa shape index (κ2) is 5.68. The molecular weight excluding hydrogens is 250 g/mol. The quantitative estimate of drug-likeness (QED) is 0.491. The predicted molar refractivity (Wildman–Crippen MR) is 73.9 cm³/mol. The van der Waals surface area contributed by atoms with Crippen LogP contribution in [0.5, 0.6) is 11.5 Å². The van der Waals surface area contributed by atoms with E-state index in [4.69, 9.17) is 15.2 Å². The highest BCUT2D eigenvalue weighted by molar-refractivity contribution is 7.80. The number of hydrogen-bond acceptors (Lipinski definition) is 4. The first-order valence-electron chi connectivity index (χ1n) is 5.62. The zero-order chi connectivity index (χ0) is 13.0. The Morgan fingerprint density at radius 1 is 1.44 bits per heavy atom. The number of hydrazone groups is 1. The van der Waals surface area contributed by atoms with E-state index in [1.165, 1.54) is 5.56 Å². The fourth-order valence-corrected chi connectivity index (χ4v) is 1.67. The second-order valence-electron chi connectivity index (χ2n) is 4.01. The summed E-state index contributed by atoms with van der Waals surface area (Å²) in [5.74, 6) is 1.61.